The summed E-state index contributed by atoms with van der Waals surface area (Å²) in [5, 5.41) is 13.2. The molecule has 1 unspecified atom stereocenters. The van der Waals surface area contributed by atoms with Crippen molar-refractivity contribution in [1.82, 2.24) is 30.0 Å². The van der Waals surface area contributed by atoms with Crippen LogP contribution in [0.2, 0.25) is 0 Å². The van der Waals surface area contributed by atoms with Crippen LogP contribution in [0.4, 0.5) is 0 Å². The summed E-state index contributed by atoms with van der Waals surface area (Å²) in [5.41, 5.74) is 2.47. The van der Waals surface area contributed by atoms with Crippen molar-refractivity contribution in [3.63, 3.8) is 0 Å². The van der Waals surface area contributed by atoms with Gasteiger partial charge in [0, 0.05) is 32.7 Å². The predicted octanol–water partition coefficient (Wildman–Crippen LogP) is 4.61. The molecule has 2 fully saturated rings. The minimum absolute atomic E-state index is 0.0415. The van der Waals surface area contributed by atoms with Crippen LogP contribution in [0.1, 0.15) is 61.1 Å². The highest BCUT2D eigenvalue weighted by Crippen LogP contribution is 2.34. The van der Waals surface area contributed by atoms with Gasteiger partial charge in [0.2, 0.25) is 0 Å². The van der Waals surface area contributed by atoms with Crippen molar-refractivity contribution in [3.8, 4) is 5.75 Å². The van der Waals surface area contributed by atoms with Gasteiger partial charge in [0.25, 0.3) is 0 Å². The maximum absolute atomic E-state index is 5.42. The molecule has 184 valence electrons. The molecule has 1 saturated carbocycles. The predicted molar refractivity (Wildman–Crippen MR) is 138 cm³/mol. The Hall–Kier alpha value is -3.03. The van der Waals surface area contributed by atoms with E-state index >= 15 is 0 Å². The van der Waals surface area contributed by atoms with E-state index in [1.807, 2.05) is 12.1 Å². The summed E-state index contributed by atoms with van der Waals surface area (Å²) < 4.78 is 7.54. The van der Waals surface area contributed by atoms with Gasteiger partial charge in [-0.15, -0.1) is 5.10 Å². The van der Waals surface area contributed by atoms with Crippen molar-refractivity contribution >= 4 is 6.08 Å². The van der Waals surface area contributed by atoms with Crippen molar-refractivity contribution in [2.24, 2.45) is 0 Å². The first-order chi connectivity index (χ1) is 17.3. The monoisotopic (exact) mass is 472 g/mol. The maximum atomic E-state index is 5.42. The molecule has 2 heterocycles. The largest absolute Gasteiger partial charge is 0.497 e. The summed E-state index contributed by atoms with van der Waals surface area (Å²) in [7, 11) is 1.71. The number of tetrazole rings is 1. The Labute approximate surface area is 208 Å². The Morgan fingerprint density at radius 2 is 1.69 bits per heavy atom. The van der Waals surface area contributed by atoms with Crippen molar-refractivity contribution in [1.29, 1.82) is 0 Å². The van der Waals surface area contributed by atoms with E-state index < -0.39 is 0 Å². The molecule has 3 aromatic rings. The highest BCUT2D eigenvalue weighted by molar-refractivity contribution is 5.48. The van der Waals surface area contributed by atoms with Crippen LogP contribution in [0.3, 0.4) is 0 Å². The van der Waals surface area contributed by atoms with Crippen molar-refractivity contribution < 1.29 is 4.74 Å². The molecule has 5 rings (SSSR count). The first-order valence-corrected chi connectivity index (χ1v) is 12.9. The minimum Gasteiger partial charge on any atom is -0.497 e. The molecule has 1 aliphatic carbocycles. The van der Waals surface area contributed by atoms with Gasteiger partial charge in [-0.2, -0.15) is 0 Å². The summed E-state index contributed by atoms with van der Waals surface area (Å²) >= 11 is 0. The summed E-state index contributed by atoms with van der Waals surface area (Å²) in [6, 6.07) is 19.4. The van der Waals surface area contributed by atoms with Gasteiger partial charge >= 0.3 is 0 Å². The average Bonchev–Trinajstić information content (AvgIpc) is 3.41. The molecule has 0 amide bonds. The lowest BCUT2D eigenvalue weighted by molar-refractivity contribution is 0.111. The molecule has 1 saturated heterocycles. The lowest BCUT2D eigenvalue weighted by Crippen LogP contribution is -2.48. The molecular weight excluding hydrogens is 436 g/mol. The third kappa shape index (κ3) is 5.80. The van der Waals surface area contributed by atoms with Gasteiger partial charge in [0.1, 0.15) is 5.75 Å². The Morgan fingerprint density at radius 1 is 0.943 bits per heavy atom. The maximum Gasteiger partial charge on any atom is 0.173 e. The van der Waals surface area contributed by atoms with Crippen LogP contribution in [0.5, 0.6) is 5.75 Å². The molecule has 1 atom stereocenters. The number of rotatable bonds is 8. The lowest BCUT2D eigenvalue weighted by atomic mass is 9.95. The number of hydrogen-bond donors (Lipinski definition) is 0. The zero-order valence-corrected chi connectivity index (χ0v) is 20.7. The Morgan fingerprint density at radius 3 is 2.40 bits per heavy atom. The van der Waals surface area contributed by atoms with E-state index in [4.69, 9.17) is 4.74 Å². The molecule has 2 aliphatic rings. The van der Waals surface area contributed by atoms with Gasteiger partial charge < -0.3 is 4.74 Å². The number of hydrogen-bond acceptors (Lipinski definition) is 6. The standard InChI is InChI=1S/C28H36N6O/c1-35-26-16-14-24(15-17-26)27(28-29-30-31-34(28)25-12-6-3-7-13-25)33-21-19-32(20-22-33)18-8-11-23-9-4-2-5-10-23/h2,4-5,8-11,14-17,25,27H,3,6-7,12-13,18-22H2,1H3/b11-8+. The molecule has 0 radical (unpaired) electrons. The van der Waals surface area contributed by atoms with Crippen LogP contribution in [-0.4, -0.2) is 69.8 Å². The Bertz CT molecular complexity index is 1070. The van der Waals surface area contributed by atoms with Gasteiger partial charge in [-0.3, -0.25) is 9.80 Å². The average molecular weight is 473 g/mol. The van der Waals surface area contributed by atoms with Crippen LogP contribution < -0.4 is 4.74 Å². The fourth-order valence-electron chi connectivity index (χ4n) is 5.38. The number of ether oxygens (including phenoxy) is 1. The smallest absolute Gasteiger partial charge is 0.173 e. The fraction of sp³-hybridized carbons (Fsp3) is 0.464. The second-order valence-corrected chi connectivity index (χ2v) is 9.60. The first kappa shape index (κ1) is 23.7. The second kappa shape index (κ2) is 11.6. The Kier molecular flexibility index (Phi) is 7.85. The van der Waals surface area contributed by atoms with Gasteiger partial charge in [-0.05, 0) is 46.5 Å². The number of nitrogens with zero attached hydrogens (tertiary/aromatic N) is 6. The van der Waals surface area contributed by atoms with E-state index in [2.05, 4.69) is 84.6 Å². The highest BCUT2D eigenvalue weighted by atomic mass is 16.5. The quantitative estimate of drug-likeness (QED) is 0.477. The fourth-order valence-corrected chi connectivity index (χ4v) is 5.38. The van der Waals surface area contributed by atoms with Crippen molar-refractivity contribution in [2.75, 3.05) is 39.8 Å². The molecule has 1 aromatic heterocycles. The molecule has 35 heavy (non-hydrogen) atoms. The zero-order valence-electron chi connectivity index (χ0n) is 20.7. The zero-order chi connectivity index (χ0) is 23.9. The summed E-state index contributed by atoms with van der Waals surface area (Å²) in [5.74, 6) is 1.84. The first-order valence-electron chi connectivity index (χ1n) is 12.9. The summed E-state index contributed by atoms with van der Waals surface area (Å²) in [4.78, 5) is 5.06. The minimum atomic E-state index is 0.0415. The third-order valence-electron chi connectivity index (χ3n) is 7.36. The number of piperazine rings is 1. The lowest BCUT2D eigenvalue weighted by Gasteiger charge is -2.39. The SMILES string of the molecule is COc1ccc(C(c2nnnn2C2CCCCC2)N2CCN(C/C=C/c3ccccc3)CC2)cc1. The van der Waals surface area contributed by atoms with Crippen LogP contribution >= 0.6 is 0 Å². The summed E-state index contributed by atoms with van der Waals surface area (Å²) in [6.45, 7) is 4.98. The van der Waals surface area contributed by atoms with Crippen LogP contribution in [0.15, 0.2) is 60.7 Å². The van der Waals surface area contributed by atoms with Gasteiger partial charge in [0.15, 0.2) is 5.82 Å². The van der Waals surface area contributed by atoms with E-state index in [-0.39, 0.29) is 6.04 Å². The van der Waals surface area contributed by atoms with E-state index in [1.54, 1.807) is 7.11 Å². The molecular formula is C28H36N6O. The number of methoxy groups -OCH3 is 1. The number of aromatic nitrogens is 4. The molecule has 7 nitrogen and oxygen atoms in total. The Balaban J connectivity index is 1.32. The molecule has 2 aromatic carbocycles. The molecule has 1 aliphatic heterocycles. The van der Waals surface area contributed by atoms with E-state index in [0.717, 1.165) is 57.1 Å². The van der Waals surface area contributed by atoms with Gasteiger partial charge in [-0.1, -0.05) is 73.9 Å². The topological polar surface area (TPSA) is 59.3 Å². The van der Waals surface area contributed by atoms with Crippen LogP contribution in [0.25, 0.3) is 6.08 Å². The van der Waals surface area contributed by atoms with Crippen LogP contribution in [0, 0.1) is 0 Å². The second-order valence-electron chi connectivity index (χ2n) is 9.60. The van der Waals surface area contributed by atoms with Crippen LogP contribution in [-0.2, 0) is 0 Å². The van der Waals surface area contributed by atoms with Gasteiger partial charge in [0.05, 0.1) is 19.2 Å². The molecule has 0 bridgehead atoms. The van der Waals surface area contributed by atoms with E-state index in [1.165, 1.54) is 30.4 Å². The molecule has 0 N–H and O–H groups in total. The van der Waals surface area contributed by atoms with E-state index in [9.17, 15) is 0 Å². The molecule has 7 heteroatoms. The normalized spacial score (nSPS) is 19.2. The number of benzene rings is 2. The van der Waals surface area contributed by atoms with Crippen molar-refractivity contribution in [2.45, 2.75) is 44.2 Å². The highest BCUT2D eigenvalue weighted by Gasteiger charge is 2.32. The van der Waals surface area contributed by atoms with Crippen molar-refractivity contribution in [3.05, 3.63) is 77.6 Å². The van der Waals surface area contributed by atoms with Gasteiger partial charge in [-0.25, -0.2) is 4.68 Å². The third-order valence-corrected chi connectivity index (χ3v) is 7.36. The van der Waals surface area contributed by atoms with E-state index in [0.29, 0.717) is 6.04 Å². The summed E-state index contributed by atoms with van der Waals surface area (Å²) in [6.07, 6.45) is 10.6. The molecule has 0 spiro atoms.